The minimum atomic E-state index is -0.570. The van der Waals surface area contributed by atoms with Crippen LogP contribution < -0.4 is 10.6 Å². The Morgan fingerprint density at radius 1 is 0.774 bits per heavy atom. The number of carbonyl (C=O) groups excluding carboxylic acids is 2. The zero-order valence-corrected chi connectivity index (χ0v) is 20.6. The predicted molar refractivity (Wildman–Crippen MR) is 124 cm³/mol. The molecule has 3 rings (SSSR count). The Bertz CT molecular complexity index is 735. The number of rotatable bonds is 6. The van der Waals surface area contributed by atoms with Gasteiger partial charge in [-0.15, -0.1) is 0 Å². The van der Waals surface area contributed by atoms with Crippen LogP contribution in [0.25, 0.3) is 0 Å². The van der Waals surface area contributed by atoms with Crippen LogP contribution in [0.5, 0.6) is 0 Å². The van der Waals surface area contributed by atoms with E-state index in [1.807, 2.05) is 27.7 Å². The molecular formula is C24H35BrN2O4. The zero-order valence-electron chi connectivity index (χ0n) is 19.1. The van der Waals surface area contributed by atoms with Gasteiger partial charge in [-0.05, 0) is 97.8 Å². The van der Waals surface area contributed by atoms with Gasteiger partial charge in [0, 0.05) is 16.3 Å². The van der Waals surface area contributed by atoms with E-state index in [4.69, 9.17) is 9.47 Å². The summed E-state index contributed by atoms with van der Waals surface area (Å²) in [4.78, 5) is 25.9. The van der Waals surface area contributed by atoms with Crippen molar-refractivity contribution in [2.24, 2.45) is 11.8 Å². The number of benzene rings is 1. The third-order valence-electron chi connectivity index (χ3n) is 6.73. The number of hydrogen-bond donors (Lipinski definition) is 2. The van der Waals surface area contributed by atoms with Gasteiger partial charge in [0.05, 0.1) is 11.1 Å². The van der Waals surface area contributed by atoms with E-state index < -0.39 is 23.1 Å². The molecule has 0 saturated carbocycles. The van der Waals surface area contributed by atoms with E-state index in [0.717, 1.165) is 51.9 Å². The van der Waals surface area contributed by atoms with E-state index in [9.17, 15) is 9.59 Å². The Kier molecular flexibility index (Phi) is 7.81. The van der Waals surface area contributed by atoms with Gasteiger partial charge < -0.3 is 20.1 Å². The lowest BCUT2D eigenvalue weighted by atomic mass is 9.83. The molecular weight excluding hydrogens is 460 g/mol. The first-order valence-electron chi connectivity index (χ1n) is 11.3. The van der Waals surface area contributed by atoms with Gasteiger partial charge in [-0.1, -0.05) is 15.9 Å². The molecule has 172 valence electrons. The second-order valence-electron chi connectivity index (χ2n) is 9.76. The minimum Gasteiger partial charge on any atom is -0.456 e. The summed E-state index contributed by atoms with van der Waals surface area (Å²) in [5.74, 6) is -0.229. The van der Waals surface area contributed by atoms with Crippen LogP contribution in [0.1, 0.15) is 74.1 Å². The van der Waals surface area contributed by atoms with Crippen LogP contribution in [0, 0.1) is 11.8 Å². The molecule has 0 amide bonds. The molecule has 0 aromatic heterocycles. The van der Waals surface area contributed by atoms with Crippen molar-refractivity contribution in [3.05, 3.63) is 33.8 Å². The maximum Gasteiger partial charge on any atom is 0.338 e. The van der Waals surface area contributed by atoms with E-state index in [2.05, 4.69) is 26.6 Å². The van der Waals surface area contributed by atoms with Crippen molar-refractivity contribution in [1.82, 2.24) is 10.6 Å². The summed E-state index contributed by atoms with van der Waals surface area (Å²) >= 11 is 3.43. The Balaban J connectivity index is 1.71. The highest BCUT2D eigenvalue weighted by molar-refractivity contribution is 9.10. The molecule has 0 atom stereocenters. The minimum absolute atomic E-state index is 0.306. The zero-order chi connectivity index (χ0) is 22.6. The van der Waals surface area contributed by atoms with E-state index >= 15 is 0 Å². The molecule has 0 unspecified atom stereocenters. The van der Waals surface area contributed by atoms with Gasteiger partial charge >= 0.3 is 11.9 Å². The van der Waals surface area contributed by atoms with Crippen molar-refractivity contribution < 1.29 is 19.1 Å². The van der Waals surface area contributed by atoms with Crippen molar-refractivity contribution in [1.29, 1.82) is 0 Å². The molecule has 2 fully saturated rings. The van der Waals surface area contributed by atoms with Crippen LogP contribution in [0.4, 0.5) is 0 Å². The topological polar surface area (TPSA) is 76.7 Å². The van der Waals surface area contributed by atoms with Crippen molar-refractivity contribution in [2.45, 2.75) is 64.6 Å². The number of carbonyl (C=O) groups is 2. The average molecular weight is 495 g/mol. The largest absolute Gasteiger partial charge is 0.456 e. The van der Waals surface area contributed by atoms with Crippen LogP contribution >= 0.6 is 15.9 Å². The van der Waals surface area contributed by atoms with Crippen molar-refractivity contribution >= 4 is 27.9 Å². The first-order valence-corrected chi connectivity index (χ1v) is 12.1. The molecule has 31 heavy (non-hydrogen) atoms. The normalized spacial score (nSPS) is 19.1. The molecule has 2 saturated heterocycles. The summed E-state index contributed by atoms with van der Waals surface area (Å²) in [6, 6.07) is 4.96. The Morgan fingerprint density at radius 2 is 1.13 bits per heavy atom. The fraction of sp³-hybridized carbons (Fsp3) is 0.667. The molecule has 0 aliphatic carbocycles. The van der Waals surface area contributed by atoms with Crippen molar-refractivity contribution in [2.75, 3.05) is 26.2 Å². The number of ether oxygens (including phenoxy) is 2. The maximum absolute atomic E-state index is 12.9. The second-order valence-corrected chi connectivity index (χ2v) is 10.7. The molecule has 0 radical (unpaired) electrons. The van der Waals surface area contributed by atoms with Gasteiger partial charge in [0.2, 0.25) is 0 Å². The summed E-state index contributed by atoms with van der Waals surface area (Å²) in [5, 5.41) is 6.68. The molecule has 2 N–H and O–H groups in total. The molecule has 7 heteroatoms. The predicted octanol–water partition coefficient (Wildman–Crippen LogP) is 4.32. The van der Waals surface area contributed by atoms with Crippen LogP contribution in [0.2, 0.25) is 0 Å². The molecule has 0 bridgehead atoms. The van der Waals surface area contributed by atoms with E-state index in [0.29, 0.717) is 27.4 Å². The standard InChI is InChI=1S/C24H35BrN2O4/c1-23(2,18-5-9-26-10-6-18)30-21(28)16-13-17(15-20(25)14-16)22(29)31-24(3,4)19-7-11-27-12-8-19/h13-15,18-19,26-27H,5-12H2,1-4H3. The number of hydrogen-bond acceptors (Lipinski definition) is 6. The Hall–Kier alpha value is -1.44. The van der Waals surface area contributed by atoms with E-state index in [-0.39, 0.29) is 0 Å². The average Bonchev–Trinajstić information content (AvgIpc) is 2.74. The first kappa shape index (κ1) is 24.2. The Labute approximate surface area is 194 Å². The highest BCUT2D eigenvalue weighted by atomic mass is 79.9. The SMILES string of the molecule is CC(C)(OC(=O)c1cc(Br)cc(C(=O)OC(C)(C)C2CCNCC2)c1)C1CCNCC1. The first-order chi connectivity index (χ1) is 14.6. The summed E-state index contributed by atoms with van der Waals surface area (Å²) in [5.41, 5.74) is -0.440. The highest BCUT2D eigenvalue weighted by Gasteiger charge is 2.36. The summed E-state index contributed by atoms with van der Waals surface area (Å²) < 4.78 is 12.5. The third kappa shape index (κ3) is 6.30. The summed E-state index contributed by atoms with van der Waals surface area (Å²) in [7, 11) is 0. The smallest absolute Gasteiger partial charge is 0.338 e. The van der Waals surface area contributed by atoms with E-state index in [1.54, 1.807) is 18.2 Å². The van der Waals surface area contributed by atoms with E-state index in [1.165, 1.54) is 0 Å². The molecule has 2 heterocycles. The van der Waals surface area contributed by atoms with Gasteiger partial charge in [0.1, 0.15) is 11.2 Å². The van der Waals surface area contributed by atoms with Crippen molar-refractivity contribution in [3.8, 4) is 0 Å². The molecule has 1 aromatic rings. The lowest BCUT2D eigenvalue weighted by Gasteiger charge is -2.37. The van der Waals surface area contributed by atoms with Gasteiger partial charge in [-0.2, -0.15) is 0 Å². The molecule has 1 aromatic carbocycles. The van der Waals surface area contributed by atoms with Crippen molar-refractivity contribution in [3.63, 3.8) is 0 Å². The lowest BCUT2D eigenvalue weighted by molar-refractivity contribution is -0.0368. The highest BCUT2D eigenvalue weighted by Crippen LogP contribution is 2.32. The Morgan fingerprint density at radius 3 is 1.48 bits per heavy atom. The number of esters is 2. The monoisotopic (exact) mass is 494 g/mol. The summed E-state index contributed by atoms with van der Waals surface area (Å²) in [6.07, 6.45) is 3.90. The molecule has 6 nitrogen and oxygen atoms in total. The quantitative estimate of drug-likeness (QED) is 0.573. The van der Waals surface area contributed by atoms with Crippen LogP contribution in [-0.4, -0.2) is 49.3 Å². The van der Waals surface area contributed by atoms with Gasteiger partial charge in [-0.3, -0.25) is 0 Å². The molecule has 2 aliphatic rings. The fourth-order valence-corrected chi connectivity index (χ4v) is 5.12. The van der Waals surface area contributed by atoms with Crippen LogP contribution in [0.15, 0.2) is 22.7 Å². The fourth-order valence-electron chi connectivity index (χ4n) is 4.62. The summed E-state index contributed by atoms with van der Waals surface area (Å²) in [6.45, 7) is 11.6. The van der Waals surface area contributed by atoms with Gasteiger partial charge in [0.25, 0.3) is 0 Å². The second kappa shape index (κ2) is 10.0. The number of nitrogens with one attached hydrogen (secondary N) is 2. The number of halogens is 1. The van der Waals surface area contributed by atoms with Crippen LogP contribution in [-0.2, 0) is 9.47 Å². The molecule has 0 spiro atoms. The third-order valence-corrected chi connectivity index (χ3v) is 7.18. The van der Waals surface area contributed by atoms with Crippen LogP contribution in [0.3, 0.4) is 0 Å². The van der Waals surface area contributed by atoms with Gasteiger partial charge in [0.15, 0.2) is 0 Å². The maximum atomic E-state index is 12.9. The van der Waals surface area contributed by atoms with Gasteiger partial charge in [-0.25, -0.2) is 9.59 Å². The number of piperidine rings is 2. The lowest BCUT2D eigenvalue weighted by Crippen LogP contribution is -2.43. The molecule has 2 aliphatic heterocycles.